The first-order chi connectivity index (χ1) is 11.4. The summed E-state index contributed by atoms with van der Waals surface area (Å²) in [6.45, 7) is 0.507. The molecule has 1 aromatic carbocycles. The highest BCUT2D eigenvalue weighted by atomic mass is 32.1. The van der Waals surface area contributed by atoms with Gasteiger partial charge < -0.3 is 15.0 Å². The summed E-state index contributed by atoms with van der Waals surface area (Å²) < 4.78 is 5.31. The van der Waals surface area contributed by atoms with Crippen molar-refractivity contribution in [3.63, 3.8) is 0 Å². The zero-order chi connectivity index (χ0) is 17.3. The van der Waals surface area contributed by atoms with E-state index in [0.29, 0.717) is 24.9 Å². The normalized spacial score (nSPS) is 25.8. The summed E-state index contributed by atoms with van der Waals surface area (Å²) in [7, 11) is 0. The highest BCUT2D eigenvalue weighted by Crippen LogP contribution is 2.29. The molecule has 2 saturated heterocycles. The van der Waals surface area contributed by atoms with Gasteiger partial charge >= 0.3 is 6.09 Å². The first kappa shape index (κ1) is 16.6. The number of β-lactam (4-membered cyclic amide) rings is 1. The van der Waals surface area contributed by atoms with Crippen LogP contribution in [0.3, 0.4) is 0 Å². The number of carbonyl (C=O) groups is 2. The monoisotopic (exact) mass is 351 g/mol. The molecule has 2 fully saturated rings. The minimum atomic E-state index is -0.482. The predicted molar refractivity (Wildman–Crippen MR) is 87.7 cm³/mol. The van der Waals surface area contributed by atoms with Gasteiger partial charge in [0.2, 0.25) is 5.91 Å². The summed E-state index contributed by atoms with van der Waals surface area (Å²) in [5.41, 5.74) is 0.660. The molecule has 3 rings (SSSR count). The van der Waals surface area contributed by atoms with Crippen LogP contribution in [0.5, 0.6) is 0 Å². The van der Waals surface area contributed by atoms with Gasteiger partial charge in [-0.25, -0.2) is 4.79 Å². The number of hydrogen-bond donors (Lipinski definition) is 2. The Bertz CT molecular complexity index is 658. The van der Waals surface area contributed by atoms with Crippen molar-refractivity contribution in [2.45, 2.75) is 36.8 Å². The maximum absolute atomic E-state index is 12.3. The summed E-state index contributed by atoms with van der Waals surface area (Å²) in [5.74, 6) is -0.0122. The summed E-state index contributed by atoms with van der Waals surface area (Å²) in [4.78, 5) is 35.2. The number of hydrogen-bond acceptors (Lipinski definition) is 6. The number of nitrogens with zero attached hydrogens (tertiary/aromatic N) is 2. The first-order valence-electron chi connectivity index (χ1n) is 7.58. The van der Waals surface area contributed by atoms with Crippen molar-refractivity contribution in [1.82, 2.24) is 10.2 Å². The molecule has 9 heteroatoms. The van der Waals surface area contributed by atoms with Crippen LogP contribution in [0.15, 0.2) is 24.3 Å². The Balaban J connectivity index is 1.57. The lowest BCUT2D eigenvalue weighted by molar-refractivity contribution is -0.384. The van der Waals surface area contributed by atoms with Crippen LogP contribution in [0.1, 0.15) is 18.4 Å². The van der Waals surface area contributed by atoms with Gasteiger partial charge in [-0.2, -0.15) is 12.6 Å². The first-order valence-corrected chi connectivity index (χ1v) is 8.10. The van der Waals surface area contributed by atoms with E-state index in [0.717, 1.165) is 0 Å². The number of amides is 2. The van der Waals surface area contributed by atoms with E-state index in [9.17, 15) is 19.7 Å². The van der Waals surface area contributed by atoms with Crippen LogP contribution in [0, 0.1) is 10.1 Å². The quantitative estimate of drug-likeness (QED) is 0.370. The van der Waals surface area contributed by atoms with Crippen molar-refractivity contribution in [2.75, 3.05) is 6.54 Å². The number of rotatable bonds is 4. The molecule has 0 saturated carbocycles. The molecule has 2 aliphatic heterocycles. The second-order valence-electron chi connectivity index (χ2n) is 5.97. The van der Waals surface area contributed by atoms with Crippen LogP contribution in [0.2, 0.25) is 0 Å². The third kappa shape index (κ3) is 3.45. The van der Waals surface area contributed by atoms with Crippen LogP contribution in [-0.4, -0.2) is 45.7 Å². The number of non-ortho nitro benzene ring substituents is 1. The molecular formula is C15H17N3O5S. The van der Waals surface area contributed by atoms with Crippen LogP contribution in [0.25, 0.3) is 0 Å². The number of nitro benzene ring substituents is 1. The molecule has 0 bridgehead atoms. The molecule has 24 heavy (non-hydrogen) atoms. The largest absolute Gasteiger partial charge is 0.445 e. The van der Waals surface area contributed by atoms with E-state index in [2.05, 4.69) is 17.9 Å². The lowest BCUT2D eigenvalue weighted by atomic mass is 9.96. The summed E-state index contributed by atoms with van der Waals surface area (Å²) in [5, 5.41) is 13.5. The molecule has 0 spiro atoms. The predicted octanol–water partition coefficient (Wildman–Crippen LogP) is 1.49. The van der Waals surface area contributed by atoms with Crippen LogP contribution >= 0.6 is 12.6 Å². The number of nitrogens with one attached hydrogen (secondary N) is 1. The molecule has 0 aromatic heterocycles. The molecule has 2 heterocycles. The van der Waals surface area contributed by atoms with E-state index in [1.807, 2.05) is 0 Å². The molecule has 0 radical (unpaired) electrons. The van der Waals surface area contributed by atoms with Gasteiger partial charge in [-0.05, 0) is 24.1 Å². The fourth-order valence-corrected chi connectivity index (χ4v) is 3.39. The van der Waals surface area contributed by atoms with Gasteiger partial charge in [0.15, 0.2) is 0 Å². The lowest BCUT2D eigenvalue weighted by Crippen LogP contribution is -2.59. The van der Waals surface area contributed by atoms with Gasteiger partial charge in [-0.1, -0.05) is 0 Å². The zero-order valence-corrected chi connectivity index (χ0v) is 13.6. The smallest absolute Gasteiger partial charge is 0.410 e. The molecule has 1 N–H and O–H groups in total. The third-order valence-electron chi connectivity index (χ3n) is 4.28. The fourth-order valence-electron chi connectivity index (χ4n) is 2.99. The Morgan fingerprint density at radius 3 is 2.67 bits per heavy atom. The maximum Gasteiger partial charge on any atom is 0.410 e. The van der Waals surface area contributed by atoms with Crippen molar-refractivity contribution in [3.8, 4) is 0 Å². The van der Waals surface area contributed by atoms with Crippen molar-refractivity contribution in [3.05, 3.63) is 39.9 Å². The Morgan fingerprint density at radius 1 is 1.42 bits per heavy atom. The van der Waals surface area contributed by atoms with E-state index < -0.39 is 11.0 Å². The van der Waals surface area contributed by atoms with Crippen molar-refractivity contribution in [1.29, 1.82) is 0 Å². The van der Waals surface area contributed by atoms with Gasteiger partial charge in [0.05, 0.1) is 17.0 Å². The average molecular weight is 351 g/mol. The van der Waals surface area contributed by atoms with E-state index in [1.54, 1.807) is 17.0 Å². The molecule has 2 aliphatic rings. The molecule has 0 aliphatic carbocycles. The zero-order valence-electron chi connectivity index (χ0n) is 12.8. The van der Waals surface area contributed by atoms with Gasteiger partial charge in [0.1, 0.15) is 6.61 Å². The van der Waals surface area contributed by atoms with Crippen LogP contribution in [0.4, 0.5) is 10.5 Å². The molecule has 2 amide bonds. The van der Waals surface area contributed by atoms with Gasteiger partial charge in [0, 0.05) is 30.3 Å². The average Bonchev–Trinajstić information content (AvgIpc) is 2.91. The number of likely N-dealkylation sites (tertiary alicyclic amines) is 1. The minimum Gasteiger partial charge on any atom is -0.445 e. The van der Waals surface area contributed by atoms with Gasteiger partial charge in [-0.15, -0.1) is 0 Å². The van der Waals surface area contributed by atoms with Crippen molar-refractivity contribution < 1.29 is 19.2 Å². The topological polar surface area (TPSA) is 102 Å². The minimum absolute atomic E-state index is 0.0108. The number of thiol groups is 1. The van der Waals surface area contributed by atoms with Crippen LogP contribution < -0.4 is 5.32 Å². The standard InChI is InChI=1S/C15H17N3O5S/c19-14-6-12(16-14)13-5-11(24)7-17(13)15(20)23-8-9-1-3-10(4-2-9)18(21)22/h1-4,11-13,24H,5-8H2,(H,16,19)/t11-,12-,13-/m0/s1. The van der Waals surface area contributed by atoms with Gasteiger partial charge in [0.25, 0.3) is 5.69 Å². The highest BCUT2D eigenvalue weighted by molar-refractivity contribution is 7.81. The molecular weight excluding hydrogens is 334 g/mol. The van der Waals surface area contributed by atoms with E-state index in [-0.39, 0.29) is 35.5 Å². The van der Waals surface area contributed by atoms with E-state index in [4.69, 9.17) is 4.74 Å². The number of benzene rings is 1. The highest BCUT2D eigenvalue weighted by Gasteiger charge is 2.44. The second-order valence-corrected chi connectivity index (χ2v) is 6.70. The Kier molecular flexibility index (Phi) is 4.61. The summed E-state index contributed by atoms with van der Waals surface area (Å²) >= 11 is 4.43. The lowest BCUT2D eigenvalue weighted by Gasteiger charge is -2.36. The fraction of sp³-hybridized carbons (Fsp3) is 0.467. The Labute approximate surface area is 143 Å². The van der Waals surface area contributed by atoms with Gasteiger partial charge in [-0.3, -0.25) is 14.9 Å². The van der Waals surface area contributed by atoms with Crippen molar-refractivity contribution in [2.24, 2.45) is 0 Å². The SMILES string of the molecule is O=C1C[C@@H]([C@@H]2C[C@H](S)CN2C(=O)OCc2ccc([N+](=O)[O-])cc2)N1. The number of ether oxygens (including phenoxy) is 1. The maximum atomic E-state index is 12.3. The summed E-state index contributed by atoms with van der Waals surface area (Å²) in [6, 6.07) is 5.71. The molecule has 1 aromatic rings. The Morgan fingerprint density at radius 2 is 2.08 bits per heavy atom. The third-order valence-corrected chi connectivity index (χ3v) is 4.66. The summed E-state index contributed by atoms with van der Waals surface area (Å²) in [6.07, 6.45) is 0.661. The van der Waals surface area contributed by atoms with E-state index in [1.165, 1.54) is 12.1 Å². The molecule has 3 atom stereocenters. The van der Waals surface area contributed by atoms with E-state index >= 15 is 0 Å². The number of carbonyl (C=O) groups excluding carboxylic acids is 2. The Hall–Kier alpha value is -2.29. The van der Waals surface area contributed by atoms with Crippen molar-refractivity contribution >= 4 is 30.3 Å². The van der Waals surface area contributed by atoms with Crippen LogP contribution in [-0.2, 0) is 16.1 Å². The molecule has 128 valence electrons. The molecule has 0 unspecified atom stereocenters. The molecule has 8 nitrogen and oxygen atoms in total. The second kappa shape index (κ2) is 6.68. The number of nitro groups is 1.